The molecule has 0 radical (unpaired) electrons. The van der Waals surface area contributed by atoms with Gasteiger partial charge in [0, 0.05) is 6.10 Å². The van der Waals surface area contributed by atoms with Gasteiger partial charge in [0.2, 0.25) is 0 Å². The normalized spacial score (nSPS) is 26.3. The van der Waals surface area contributed by atoms with Crippen LogP contribution in [0.5, 0.6) is 0 Å². The monoisotopic (exact) mass is 248 g/mol. The smallest absolute Gasteiger partial charge is 0.488 e. The Morgan fingerprint density at radius 2 is 2.11 bits per heavy atom. The van der Waals surface area contributed by atoms with Crippen LogP contribution in [0.2, 0.25) is 0 Å². The Kier molecular flexibility index (Phi) is 6.65. The van der Waals surface area contributed by atoms with Crippen LogP contribution in [0.1, 0.15) is 32.3 Å². The van der Waals surface area contributed by atoms with Gasteiger partial charge in [-0.05, 0) is 18.9 Å². The van der Waals surface area contributed by atoms with Crippen molar-refractivity contribution in [1.82, 2.24) is 0 Å². The summed E-state index contributed by atoms with van der Waals surface area (Å²) in [5, 5.41) is 0. The average Bonchev–Trinajstić information content (AvgIpc) is 2.39. The minimum atomic E-state index is -0.0816. The van der Waals surface area contributed by atoms with Gasteiger partial charge in [0.15, 0.2) is 0 Å². The number of ether oxygens (including phenoxy) is 1. The molecule has 0 unspecified atom stereocenters. The van der Waals surface area contributed by atoms with Gasteiger partial charge in [-0.1, -0.05) is 49.8 Å². The molecule has 0 heterocycles. The largest absolute Gasteiger partial charge is 1.00 e. The fourth-order valence-electron chi connectivity index (χ4n) is 2.45. The van der Waals surface area contributed by atoms with E-state index in [1.54, 1.807) is 0 Å². The van der Waals surface area contributed by atoms with Crippen LogP contribution < -0.4 is 18.9 Å². The van der Waals surface area contributed by atoms with Crippen LogP contribution in [0.4, 0.5) is 0 Å². The van der Waals surface area contributed by atoms with E-state index in [0.717, 1.165) is 12.8 Å². The molecule has 1 aliphatic rings. The van der Waals surface area contributed by atoms with Crippen molar-refractivity contribution in [2.75, 3.05) is 0 Å². The Labute approximate surface area is 128 Å². The molecule has 2 rings (SSSR count). The Bertz CT molecular complexity index is 424. The van der Waals surface area contributed by atoms with E-state index in [1.807, 2.05) is 6.07 Å². The Hall–Kier alpha value is -0.743. The van der Waals surface area contributed by atoms with E-state index >= 15 is 0 Å². The quantitative estimate of drug-likeness (QED) is 0.443. The molecule has 1 aromatic carbocycles. The third-order valence-corrected chi connectivity index (χ3v) is 3.46. The molecule has 1 aromatic rings. The zero-order valence-electron chi connectivity index (χ0n) is 12.2. The predicted octanol–water partition coefficient (Wildman–Crippen LogP) is 1.31. The van der Waals surface area contributed by atoms with Crippen molar-refractivity contribution < 1.29 is 23.6 Å². The number of benzene rings is 1. The first-order chi connectivity index (χ1) is 8.74. The van der Waals surface area contributed by atoms with Gasteiger partial charge >= 0.3 is 18.9 Å². The van der Waals surface area contributed by atoms with E-state index in [4.69, 9.17) is 4.74 Å². The molecule has 0 saturated heterocycles. The third kappa shape index (κ3) is 4.39. The van der Waals surface area contributed by atoms with Gasteiger partial charge in [-0.15, -0.1) is 11.5 Å². The van der Waals surface area contributed by atoms with Crippen LogP contribution in [0, 0.1) is 11.5 Å². The van der Waals surface area contributed by atoms with Crippen molar-refractivity contribution in [3.63, 3.8) is 0 Å². The average molecular weight is 248 g/mol. The standard InChI is InChI=1S/C17H21O.Li/c1-3-12-17(2)13-8-7-11-16(17)18-14-15-9-5-4-6-10-15;/h3-6,8-10,12,16H,7,11,14H2,1-2H3;/q-1;+1/b12-3+;/t16-,17-;/m0./s1. The number of hydrogen-bond acceptors (Lipinski definition) is 1. The number of allylic oxidation sites excluding steroid dienone is 2. The second kappa shape index (κ2) is 7.75. The molecular formula is C17H21LiO. The molecule has 0 amide bonds. The van der Waals surface area contributed by atoms with Gasteiger partial charge in [-0.25, -0.2) is 0 Å². The summed E-state index contributed by atoms with van der Waals surface area (Å²) in [7, 11) is 0. The fourth-order valence-corrected chi connectivity index (χ4v) is 2.45. The maximum atomic E-state index is 6.10. The van der Waals surface area contributed by atoms with Crippen LogP contribution in [0.3, 0.4) is 0 Å². The summed E-state index contributed by atoms with van der Waals surface area (Å²) in [5.74, 6) is 0. The van der Waals surface area contributed by atoms with Gasteiger partial charge in [-0.2, -0.15) is 0 Å². The number of rotatable bonds is 4. The third-order valence-electron chi connectivity index (χ3n) is 3.46. The molecule has 96 valence electrons. The molecule has 2 atom stereocenters. The molecule has 0 fully saturated rings. The maximum absolute atomic E-state index is 6.10. The van der Waals surface area contributed by atoms with Crippen LogP contribution in [0.15, 0.2) is 48.6 Å². The molecule has 0 saturated carbocycles. The van der Waals surface area contributed by atoms with Crippen LogP contribution in [0.25, 0.3) is 0 Å². The Balaban J connectivity index is 0.00000180. The Morgan fingerprint density at radius 1 is 1.37 bits per heavy atom. The molecule has 1 nitrogen and oxygen atoms in total. The number of hydrogen-bond donors (Lipinski definition) is 0. The molecule has 0 spiro atoms. The van der Waals surface area contributed by atoms with Crippen molar-refractivity contribution in [2.45, 2.75) is 39.4 Å². The molecule has 0 aliphatic heterocycles. The van der Waals surface area contributed by atoms with Gasteiger partial charge in [0.1, 0.15) is 0 Å². The second-order valence-corrected chi connectivity index (χ2v) is 4.99. The molecule has 19 heavy (non-hydrogen) atoms. The second-order valence-electron chi connectivity index (χ2n) is 4.99. The van der Waals surface area contributed by atoms with Crippen molar-refractivity contribution in [3.8, 4) is 0 Å². The minimum Gasteiger partial charge on any atom is -0.488 e. The van der Waals surface area contributed by atoms with Gasteiger partial charge in [-0.3, -0.25) is 6.08 Å². The van der Waals surface area contributed by atoms with Crippen LogP contribution in [-0.4, -0.2) is 6.10 Å². The van der Waals surface area contributed by atoms with Crippen molar-refractivity contribution in [1.29, 1.82) is 0 Å². The van der Waals surface area contributed by atoms with E-state index < -0.39 is 0 Å². The van der Waals surface area contributed by atoms with Crippen molar-refractivity contribution >= 4 is 0 Å². The SMILES string of the molecule is C/C=C/[C@@]1(C)[C-]=CCC[C@@H]1OCc1ccccc1.[Li+]. The first-order valence-electron chi connectivity index (χ1n) is 6.63. The van der Waals surface area contributed by atoms with E-state index in [1.165, 1.54) is 5.56 Å². The summed E-state index contributed by atoms with van der Waals surface area (Å²) in [5.41, 5.74) is 1.15. The van der Waals surface area contributed by atoms with Crippen molar-refractivity contribution in [3.05, 3.63) is 60.2 Å². The van der Waals surface area contributed by atoms with Crippen LogP contribution in [-0.2, 0) is 11.3 Å². The summed E-state index contributed by atoms with van der Waals surface area (Å²) < 4.78 is 6.10. The first-order valence-corrected chi connectivity index (χ1v) is 6.63. The summed E-state index contributed by atoms with van der Waals surface area (Å²) in [6.45, 7) is 4.93. The van der Waals surface area contributed by atoms with E-state index in [9.17, 15) is 0 Å². The zero-order valence-corrected chi connectivity index (χ0v) is 12.2. The maximum Gasteiger partial charge on any atom is 1.00 e. The molecule has 0 bridgehead atoms. The minimum absolute atomic E-state index is 0. The van der Waals surface area contributed by atoms with E-state index in [-0.39, 0.29) is 30.4 Å². The van der Waals surface area contributed by atoms with Gasteiger partial charge < -0.3 is 10.8 Å². The Morgan fingerprint density at radius 3 is 2.79 bits per heavy atom. The summed E-state index contributed by atoms with van der Waals surface area (Å²) >= 11 is 0. The molecular weight excluding hydrogens is 227 g/mol. The summed E-state index contributed by atoms with van der Waals surface area (Å²) in [6.07, 6.45) is 12.2. The van der Waals surface area contributed by atoms with Crippen molar-refractivity contribution in [2.24, 2.45) is 5.41 Å². The predicted molar refractivity (Wildman–Crippen MR) is 75.0 cm³/mol. The van der Waals surface area contributed by atoms with Crippen LogP contribution >= 0.6 is 0 Å². The van der Waals surface area contributed by atoms with E-state index in [2.05, 4.69) is 62.4 Å². The summed E-state index contributed by atoms with van der Waals surface area (Å²) in [4.78, 5) is 0. The van der Waals surface area contributed by atoms with Gasteiger partial charge in [0.05, 0.1) is 6.61 Å². The molecule has 1 aliphatic carbocycles. The topological polar surface area (TPSA) is 9.23 Å². The van der Waals surface area contributed by atoms with E-state index in [0.29, 0.717) is 6.61 Å². The zero-order chi connectivity index (χ0) is 12.8. The first kappa shape index (κ1) is 16.3. The fraction of sp³-hybridized carbons (Fsp3) is 0.412. The van der Waals surface area contributed by atoms with Gasteiger partial charge in [0.25, 0.3) is 0 Å². The molecule has 2 heteroatoms. The molecule has 0 N–H and O–H groups in total. The summed E-state index contributed by atoms with van der Waals surface area (Å²) in [6, 6.07) is 10.3. The molecule has 0 aromatic heterocycles.